The average molecular weight is 377 g/mol. The summed E-state index contributed by atoms with van der Waals surface area (Å²) in [5.41, 5.74) is -1.31. The lowest BCUT2D eigenvalue weighted by molar-refractivity contribution is -0.0820. The molecule has 0 saturated carbocycles. The molecule has 1 fully saturated rings. The summed E-state index contributed by atoms with van der Waals surface area (Å²) in [5, 5.41) is 28.4. The Morgan fingerprint density at radius 2 is 2.04 bits per heavy atom. The first kappa shape index (κ1) is 19.4. The van der Waals surface area contributed by atoms with Crippen molar-refractivity contribution < 1.29 is 20.1 Å². The van der Waals surface area contributed by atoms with E-state index < -0.39 is 49.3 Å². The van der Waals surface area contributed by atoms with Gasteiger partial charge in [-0.15, -0.1) is 11.8 Å². The highest BCUT2D eigenvalue weighted by Crippen LogP contribution is 2.44. The fourth-order valence-corrected chi connectivity index (χ4v) is 6.41. The number of rotatable bonds is 6. The standard InChI is InChI=1S/C14H24N2O6SSi/c1-24(2,3)7-6-23-14(12(20)11(19)9(8-17)22-14)16-5-4-10(18)15-13(16)21/h4-5,9,11-12,17,19-20H,6-8H2,1-3H3,(H,15,18,21)/t9-,11-,12-,14+/m1/s1. The Bertz CT molecular complexity index is 687. The monoisotopic (exact) mass is 376 g/mol. The summed E-state index contributed by atoms with van der Waals surface area (Å²) in [5.74, 6) is 0.600. The normalized spacial score (nSPS) is 30.7. The van der Waals surface area contributed by atoms with Crippen LogP contribution in [0.5, 0.6) is 0 Å². The van der Waals surface area contributed by atoms with E-state index in [4.69, 9.17) is 4.74 Å². The molecule has 24 heavy (non-hydrogen) atoms. The molecule has 2 heterocycles. The van der Waals surface area contributed by atoms with Crippen molar-refractivity contribution in [2.75, 3.05) is 12.4 Å². The zero-order chi connectivity index (χ0) is 18.1. The summed E-state index contributed by atoms with van der Waals surface area (Å²) >= 11 is 1.19. The van der Waals surface area contributed by atoms with Gasteiger partial charge in [0.1, 0.15) is 18.3 Å². The maximum Gasteiger partial charge on any atom is 0.331 e. The Hall–Kier alpha value is -0.913. The maximum atomic E-state index is 12.2. The molecular weight excluding hydrogens is 352 g/mol. The molecule has 1 aliphatic rings. The molecule has 8 nitrogen and oxygen atoms in total. The average Bonchev–Trinajstić information content (AvgIpc) is 2.71. The van der Waals surface area contributed by atoms with Crippen molar-refractivity contribution in [1.82, 2.24) is 9.55 Å². The molecule has 4 N–H and O–H groups in total. The number of aromatic amines is 1. The van der Waals surface area contributed by atoms with Crippen LogP contribution in [0.15, 0.2) is 21.9 Å². The predicted molar refractivity (Wildman–Crippen MR) is 93.9 cm³/mol. The van der Waals surface area contributed by atoms with Crippen molar-refractivity contribution in [3.63, 3.8) is 0 Å². The summed E-state index contributed by atoms with van der Waals surface area (Å²) in [6.45, 7) is 6.10. The van der Waals surface area contributed by atoms with Crippen molar-refractivity contribution in [3.8, 4) is 0 Å². The smallest absolute Gasteiger partial charge is 0.331 e. The summed E-state index contributed by atoms with van der Waals surface area (Å²) in [6, 6.07) is 2.06. The second-order valence-corrected chi connectivity index (χ2v) is 13.9. The molecule has 0 bridgehead atoms. The number of ether oxygens (including phenoxy) is 1. The van der Waals surface area contributed by atoms with Crippen LogP contribution in [-0.4, -0.2) is 63.6 Å². The van der Waals surface area contributed by atoms with Crippen LogP contribution >= 0.6 is 11.8 Å². The van der Waals surface area contributed by atoms with Gasteiger partial charge in [0, 0.05) is 20.3 Å². The lowest BCUT2D eigenvalue weighted by Crippen LogP contribution is -2.49. The fourth-order valence-electron chi connectivity index (χ4n) is 2.48. The first-order chi connectivity index (χ1) is 11.1. The lowest BCUT2D eigenvalue weighted by atomic mass is 10.1. The van der Waals surface area contributed by atoms with Crippen molar-refractivity contribution in [2.45, 2.75) is 49.1 Å². The zero-order valence-electron chi connectivity index (χ0n) is 13.9. The van der Waals surface area contributed by atoms with Gasteiger partial charge in [-0.1, -0.05) is 19.6 Å². The number of thioether (sulfide) groups is 1. The fraction of sp³-hybridized carbons (Fsp3) is 0.714. The van der Waals surface area contributed by atoms with Crippen LogP contribution in [0.1, 0.15) is 0 Å². The zero-order valence-corrected chi connectivity index (χ0v) is 15.7. The second kappa shape index (κ2) is 7.14. The molecule has 1 aromatic rings. The Balaban J connectivity index is 2.42. The molecule has 1 saturated heterocycles. The lowest BCUT2D eigenvalue weighted by Gasteiger charge is -2.33. The van der Waals surface area contributed by atoms with E-state index in [2.05, 4.69) is 24.6 Å². The van der Waals surface area contributed by atoms with E-state index in [1.165, 1.54) is 18.0 Å². The molecule has 1 aromatic heterocycles. The summed E-state index contributed by atoms with van der Waals surface area (Å²) < 4.78 is 6.79. The molecule has 0 amide bonds. The molecule has 0 aromatic carbocycles. The van der Waals surface area contributed by atoms with Crippen LogP contribution in [0.2, 0.25) is 25.7 Å². The third-order valence-corrected chi connectivity index (χ3v) is 7.37. The molecule has 1 aliphatic heterocycles. The van der Waals surface area contributed by atoms with Gasteiger partial charge in [-0.3, -0.25) is 14.3 Å². The maximum absolute atomic E-state index is 12.2. The van der Waals surface area contributed by atoms with Crippen LogP contribution < -0.4 is 11.2 Å². The molecule has 10 heteroatoms. The SMILES string of the molecule is C[Si](C)(C)CCS[C@@]1(n2ccc(=O)[nH]c2=O)O[C@H](CO)[C@@H](O)[C@H]1O. The number of nitrogens with one attached hydrogen (secondary N) is 1. The van der Waals surface area contributed by atoms with Crippen LogP contribution in [0.25, 0.3) is 0 Å². The Morgan fingerprint density at radius 1 is 1.38 bits per heavy atom. The largest absolute Gasteiger partial charge is 0.394 e. The minimum absolute atomic E-state index is 0.493. The Labute approximate surface area is 144 Å². The second-order valence-electron chi connectivity index (χ2n) is 7.04. The van der Waals surface area contributed by atoms with Gasteiger partial charge in [-0.2, -0.15) is 0 Å². The summed E-state index contributed by atoms with van der Waals surface area (Å²) in [7, 11) is -1.36. The topological polar surface area (TPSA) is 125 Å². The molecule has 0 radical (unpaired) electrons. The molecule has 136 valence electrons. The van der Waals surface area contributed by atoms with E-state index in [0.29, 0.717) is 5.75 Å². The number of H-pyrrole nitrogens is 1. The van der Waals surface area contributed by atoms with Gasteiger partial charge < -0.3 is 20.1 Å². The third-order valence-electron chi connectivity index (χ3n) is 3.90. The van der Waals surface area contributed by atoms with Crippen LogP contribution in [0.3, 0.4) is 0 Å². The molecule has 0 spiro atoms. The van der Waals surface area contributed by atoms with Crippen molar-refractivity contribution in [1.29, 1.82) is 0 Å². The van der Waals surface area contributed by atoms with Gasteiger partial charge in [0.25, 0.3) is 5.56 Å². The van der Waals surface area contributed by atoms with Crippen molar-refractivity contribution in [2.24, 2.45) is 0 Å². The highest BCUT2D eigenvalue weighted by atomic mass is 32.2. The number of aliphatic hydroxyl groups is 3. The van der Waals surface area contributed by atoms with E-state index >= 15 is 0 Å². The number of nitrogens with zero attached hydrogens (tertiary/aromatic N) is 1. The van der Waals surface area contributed by atoms with Gasteiger partial charge in [0.2, 0.25) is 5.06 Å². The minimum Gasteiger partial charge on any atom is -0.394 e. The van der Waals surface area contributed by atoms with Gasteiger partial charge in [-0.05, 0) is 11.8 Å². The van der Waals surface area contributed by atoms with Gasteiger partial charge in [-0.25, -0.2) is 4.79 Å². The summed E-state index contributed by atoms with van der Waals surface area (Å²) in [4.78, 5) is 25.6. The summed E-state index contributed by atoms with van der Waals surface area (Å²) in [6.07, 6.45) is -2.55. The highest BCUT2D eigenvalue weighted by Gasteiger charge is 2.56. The number of aliphatic hydroxyl groups excluding tert-OH is 3. The molecule has 0 unspecified atom stereocenters. The van der Waals surface area contributed by atoms with Gasteiger partial charge in [0.15, 0.2) is 0 Å². The van der Waals surface area contributed by atoms with Crippen LogP contribution in [0.4, 0.5) is 0 Å². The minimum atomic E-state index is -1.59. The molecular formula is C14H24N2O6SSi. The number of aromatic nitrogens is 2. The van der Waals surface area contributed by atoms with Crippen LogP contribution in [0, 0.1) is 0 Å². The van der Waals surface area contributed by atoms with E-state index in [1.807, 2.05) is 0 Å². The van der Waals surface area contributed by atoms with E-state index in [0.717, 1.165) is 16.7 Å². The first-order valence-electron chi connectivity index (χ1n) is 7.72. The van der Waals surface area contributed by atoms with E-state index in [-0.39, 0.29) is 0 Å². The number of hydrogen-bond acceptors (Lipinski definition) is 7. The molecule has 4 atom stereocenters. The Morgan fingerprint density at radius 3 is 2.54 bits per heavy atom. The van der Waals surface area contributed by atoms with E-state index in [9.17, 15) is 24.9 Å². The van der Waals surface area contributed by atoms with Gasteiger partial charge >= 0.3 is 5.69 Å². The van der Waals surface area contributed by atoms with Crippen LogP contribution in [-0.2, 0) is 9.79 Å². The van der Waals surface area contributed by atoms with Crippen molar-refractivity contribution in [3.05, 3.63) is 33.1 Å². The predicted octanol–water partition coefficient (Wildman–Crippen LogP) is -0.669. The molecule has 0 aliphatic carbocycles. The first-order valence-corrected chi connectivity index (χ1v) is 12.4. The Kier molecular flexibility index (Phi) is 5.78. The van der Waals surface area contributed by atoms with Gasteiger partial charge in [0.05, 0.1) is 6.61 Å². The number of hydrogen-bond donors (Lipinski definition) is 4. The van der Waals surface area contributed by atoms with Crippen molar-refractivity contribution >= 4 is 19.8 Å². The molecule has 2 rings (SSSR count). The highest BCUT2D eigenvalue weighted by molar-refractivity contribution is 8.00. The third kappa shape index (κ3) is 3.84. The quantitative estimate of drug-likeness (QED) is 0.485. The van der Waals surface area contributed by atoms with E-state index in [1.54, 1.807) is 0 Å².